The smallest absolute Gasteiger partial charge is 0.339 e. The number of hydrogen-bond acceptors (Lipinski definition) is 3. The summed E-state index contributed by atoms with van der Waals surface area (Å²) in [5.74, 6) is -0.405. The first-order valence-electron chi connectivity index (χ1n) is 3.04. The van der Waals surface area contributed by atoms with Gasteiger partial charge in [0, 0.05) is 18.8 Å². The molecule has 1 rings (SSSR count). The van der Waals surface area contributed by atoms with E-state index in [1.165, 1.54) is 13.3 Å². The number of rotatable bonds is 1. The molecule has 0 bridgehead atoms. The van der Waals surface area contributed by atoms with Crippen molar-refractivity contribution in [3.63, 3.8) is 0 Å². The van der Waals surface area contributed by atoms with Crippen LogP contribution in [0.15, 0.2) is 18.3 Å². The maximum absolute atomic E-state index is 10.8. The molecule has 0 saturated heterocycles. The zero-order chi connectivity index (χ0) is 8.27. The van der Waals surface area contributed by atoms with Crippen LogP contribution < -0.4 is 0 Å². The normalized spacial score (nSPS) is 9.27. The first kappa shape index (κ1) is 7.72. The molecule has 0 saturated carbocycles. The molecule has 0 aliphatic rings. The minimum Gasteiger partial charge on any atom is -0.465 e. The Morgan fingerprint density at radius 3 is 2.82 bits per heavy atom. The lowest BCUT2D eigenvalue weighted by molar-refractivity contribution is 0.0600. The fourth-order valence-electron chi connectivity index (χ4n) is 0.644. The van der Waals surface area contributed by atoms with Crippen LogP contribution in [0.1, 0.15) is 16.1 Å². The quantitative estimate of drug-likeness (QED) is 0.557. The fraction of sp³-hybridized carbons (Fsp3) is 0.125. The summed E-state index contributed by atoms with van der Waals surface area (Å²) in [5.41, 5.74) is 0.791. The third-order valence-electron chi connectivity index (χ3n) is 1.21. The Hall–Kier alpha value is -1.38. The van der Waals surface area contributed by atoms with Gasteiger partial charge in [0.2, 0.25) is 0 Å². The lowest BCUT2D eigenvalue weighted by Gasteiger charge is -1.97. The molecule has 0 N–H and O–H groups in total. The summed E-state index contributed by atoms with van der Waals surface area (Å²) < 4.78 is 4.46. The van der Waals surface area contributed by atoms with E-state index in [1.54, 1.807) is 12.1 Å². The average molecular weight is 149 g/mol. The molecule has 0 unspecified atom stereocenters. The highest BCUT2D eigenvalue weighted by Gasteiger charge is 2.03. The molecule has 3 heteroatoms. The SMILES string of the molecule is [CH]c1ccc(C(=O)OC)cn1. The van der Waals surface area contributed by atoms with Crippen molar-refractivity contribution in [1.82, 2.24) is 4.98 Å². The summed E-state index contributed by atoms with van der Waals surface area (Å²) in [5, 5.41) is 0. The summed E-state index contributed by atoms with van der Waals surface area (Å²) in [6.07, 6.45) is 1.38. The Labute approximate surface area is 65.0 Å². The lowest BCUT2D eigenvalue weighted by atomic mass is 10.2. The molecule has 11 heavy (non-hydrogen) atoms. The highest BCUT2D eigenvalue weighted by Crippen LogP contribution is 1.99. The van der Waals surface area contributed by atoms with Gasteiger partial charge in [0.1, 0.15) is 0 Å². The van der Waals surface area contributed by atoms with Gasteiger partial charge in [-0.25, -0.2) is 4.79 Å². The monoisotopic (exact) mass is 149 g/mol. The summed E-state index contributed by atoms with van der Waals surface area (Å²) in [4.78, 5) is 14.5. The van der Waals surface area contributed by atoms with E-state index in [2.05, 4.69) is 9.72 Å². The van der Waals surface area contributed by atoms with Gasteiger partial charge in [-0.05, 0) is 12.1 Å². The van der Waals surface area contributed by atoms with Crippen molar-refractivity contribution in [2.24, 2.45) is 0 Å². The van der Waals surface area contributed by atoms with Crippen LogP contribution in [0, 0.1) is 6.92 Å². The number of pyridine rings is 1. The summed E-state index contributed by atoms with van der Waals surface area (Å²) in [6.45, 7) is 5.31. The number of esters is 1. The van der Waals surface area contributed by atoms with E-state index in [9.17, 15) is 4.79 Å². The van der Waals surface area contributed by atoms with Crippen molar-refractivity contribution in [2.75, 3.05) is 7.11 Å². The van der Waals surface area contributed by atoms with Gasteiger partial charge in [-0.2, -0.15) is 0 Å². The Morgan fingerprint density at radius 2 is 2.36 bits per heavy atom. The van der Waals surface area contributed by atoms with Crippen molar-refractivity contribution in [2.45, 2.75) is 0 Å². The van der Waals surface area contributed by atoms with Crippen LogP contribution >= 0.6 is 0 Å². The van der Waals surface area contributed by atoms with E-state index in [-0.39, 0.29) is 0 Å². The molecule has 0 fully saturated rings. The van der Waals surface area contributed by atoms with Crippen LogP contribution in [-0.4, -0.2) is 18.1 Å². The third kappa shape index (κ3) is 1.77. The van der Waals surface area contributed by atoms with Crippen LogP contribution in [0.5, 0.6) is 0 Å². The van der Waals surface area contributed by atoms with E-state index in [4.69, 9.17) is 6.92 Å². The van der Waals surface area contributed by atoms with Crippen LogP contribution in [0.2, 0.25) is 0 Å². The van der Waals surface area contributed by atoms with Crippen LogP contribution in [0.4, 0.5) is 0 Å². The zero-order valence-corrected chi connectivity index (χ0v) is 6.07. The van der Waals surface area contributed by atoms with Crippen molar-refractivity contribution in [3.05, 3.63) is 36.5 Å². The number of ether oxygens (including phenoxy) is 1. The molecule has 1 aromatic rings. The predicted molar refractivity (Wildman–Crippen MR) is 39.0 cm³/mol. The van der Waals surface area contributed by atoms with E-state index in [0.717, 1.165) is 0 Å². The molecule has 0 aliphatic carbocycles. The van der Waals surface area contributed by atoms with Crippen molar-refractivity contribution in [3.8, 4) is 0 Å². The number of methoxy groups -OCH3 is 1. The Morgan fingerprint density at radius 1 is 1.64 bits per heavy atom. The number of carbonyl (C=O) groups is 1. The molecule has 56 valence electrons. The molecule has 3 nitrogen and oxygen atoms in total. The second-order valence-corrected chi connectivity index (χ2v) is 1.96. The van der Waals surface area contributed by atoms with Gasteiger partial charge >= 0.3 is 5.97 Å². The summed E-state index contributed by atoms with van der Waals surface area (Å²) in [7, 11) is 1.32. The predicted octanol–water partition coefficient (Wildman–Crippen LogP) is 0.927. The number of hydrogen-bond donors (Lipinski definition) is 0. The number of carbonyl (C=O) groups excluding carboxylic acids is 1. The second-order valence-electron chi connectivity index (χ2n) is 1.96. The van der Waals surface area contributed by atoms with E-state index >= 15 is 0 Å². The largest absolute Gasteiger partial charge is 0.465 e. The maximum atomic E-state index is 10.8. The molecule has 1 heterocycles. The van der Waals surface area contributed by atoms with Crippen LogP contribution in [0.3, 0.4) is 0 Å². The van der Waals surface area contributed by atoms with E-state index < -0.39 is 5.97 Å². The summed E-state index contributed by atoms with van der Waals surface area (Å²) >= 11 is 0. The van der Waals surface area contributed by atoms with Gasteiger partial charge in [0.15, 0.2) is 0 Å². The molecule has 0 spiro atoms. The highest BCUT2D eigenvalue weighted by atomic mass is 16.5. The fourth-order valence-corrected chi connectivity index (χ4v) is 0.644. The van der Waals surface area contributed by atoms with Gasteiger partial charge in [0.25, 0.3) is 0 Å². The highest BCUT2D eigenvalue weighted by molar-refractivity contribution is 5.88. The second kappa shape index (κ2) is 3.14. The standard InChI is InChI=1S/C8H7NO2/c1-6-3-4-7(5-9-6)8(10)11-2/h1,3-5H,2H3. The van der Waals surface area contributed by atoms with Gasteiger partial charge in [-0.1, -0.05) is 0 Å². The first-order chi connectivity index (χ1) is 5.24. The topological polar surface area (TPSA) is 39.2 Å². The molecule has 2 radical (unpaired) electrons. The molecule has 0 aliphatic heterocycles. The zero-order valence-electron chi connectivity index (χ0n) is 6.07. The summed E-state index contributed by atoms with van der Waals surface area (Å²) in [6, 6.07) is 3.11. The Kier molecular flexibility index (Phi) is 2.21. The van der Waals surface area contributed by atoms with Crippen LogP contribution in [-0.2, 0) is 4.74 Å². The van der Waals surface area contributed by atoms with Crippen molar-refractivity contribution < 1.29 is 9.53 Å². The number of nitrogens with zero attached hydrogens (tertiary/aromatic N) is 1. The third-order valence-corrected chi connectivity index (χ3v) is 1.21. The first-order valence-corrected chi connectivity index (χ1v) is 3.04. The van der Waals surface area contributed by atoms with Crippen LogP contribution in [0.25, 0.3) is 0 Å². The minimum atomic E-state index is -0.405. The van der Waals surface area contributed by atoms with Gasteiger partial charge in [-0.3, -0.25) is 4.98 Å². The molecule has 0 amide bonds. The molecule has 1 aromatic heterocycles. The Balaban J connectivity index is 2.90. The van der Waals surface area contributed by atoms with Gasteiger partial charge in [-0.15, -0.1) is 0 Å². The minimum absolute atomic E-state index is 0.387. The number of aromatic nitrogens is 1. The maximum Gasteiger partial charge on any atom is 0.339 e. The van der Waals surface area contributed by atoms with E-state index in [0.29, 0.717) is 11.3 Å². The molecule has 0 aromatic carbocycles. The van der Waals surface area contributed by atoms with Crippen molar-refractivity contribution >= 4 is 5.97 Å². The van der Waals surface area contributed by atoms with E-state index in [1.807, 2.05) is 0 Å². The van der Waals surface area contributed by atoms with Gasteiger partial charge < -0.3 is 4.74 Å². The average Bonchev–Trinajstić information content (AvgIpc) is 2.05. The molecular formula is C8H7NO2. The Bertz CT molecular complexity index is 253. The van der Waals surface area contributed by atoms with Crippen molar-refractivity contribution in [1.29, 1.82) is 0 Å². The lowest BCUT2D eigenvalue weighted by Crippen LogP contribution is -2.01. The van der Waals surface area contributed by atoms with Gasteiger partial charge in [0.05, 0.1) is 12.7 Å². The molecular weight excluding hydrogens is 142 g/mol. The molecule has 0 atom stereocenters.